The first-order chi connectivity index (χ1) is 17.5. The van der Waals surface area contributed by atoms with E-state index in [9.17, 15) is 19.2 Å². The average Bonchev–Trinajstić information content (AvgIpc) is 2.85. The Kier molecular flexibility index (Phi) is 11.6. The van der Waals surface area contributed by atoms with Gasteiger partial charge in [0.2, 0.25) is 23.6 Å². The molecule has 0 saturated carbocycles. The van der Waals surface area contributed by atoms with Gasteiger partial charge in [-0.15, -0.1) is 0 Å². The Bertz CT molecular complexity index is 1040. The molecule has 0 aromatic heterocycles. The Hall–Kier alpha value is -3.92. The number of carbonyl (C=O) groups is 4. The number of amides is 4. The zero-order valence-corrected chi connectivity index (χ0v) is 21.3. The number of ether oxygens (including phenoxy) is 1. The SMILES string of the molecule is CC(C)CC(NC(=O)C(CCC(N)=O)NC(=O)C(N)Cc1ccc(OCc2ccccc2)cc1)C(N)=O. The molecule has 2 rings (SSSR count). The predicted molar refractivity (Wildman–Crippen MR) is 140 cm³/mol. The molecule has 0 spiro atoms. The summed E-state index contributed by atoms with van der Waals surface area (Å²) in [4.78, 5) is 48.6. The summed E-state index contributed by atoms with van der Waals surface area (Å²) in [5.41, 5.74) is 18.6. The van der Waals surface area contributed by atoms with E-state index >= 15 is 0 Å². The number of carbonyl (C=O) groups excluding carboxylic acids is 4. The van der Waals surface area contributed by atoms with Gasteiger partial charge in [-0.1, -0.05) is 56.3 Å². The van der Waals surface area contributed by atoms with Crippen LogP contribution in [-0.2, 0) is 32.2 Å². The molecule has 200 valence electrons. The van der Waals surface area contributed by atoms with E-state index in [0.29, 0.717) is 18.8 Å². The van der Waals surface area contributed by atoms with E-state index in [-0.39, 0.29) is 25.2 Å². The maximum atomic E-state index is 12.8. The van der Waals surface area contributed by atoms with E-state index in [1.165, 1.54) is 0 Å². The summed E-state index contributed by atoms with van der Waals surface area (Å²) < 4.78 is 5.77. The quantitative estimate of drug-likeness (QED) is 0.237. The summed E-state index contributed by atoms with van der Waals surface area (Å²) in [5.74, 6) is -1.74. The minimum atomic E-state index is -1.10. The maximum absolute atomic E-state index is 12.8. The number of hydrogen-bond donors (Lipinski definition) is 5. The highest BCUT2D eigenvalue weighted by Crippen LogP contribution is 2.15. The number of nitrogens with two attached hydrogens (primary N) is 3. The monoisotopic (exact) mass is 511 g/mol. The zero-order valence-electron chi connectivity index (χ0n) is 21.3. The van der Waals surface area contributed by atoms with Crippen LogP contribution in [0.1, 0.15) is 44.2 Å². The van der Waals surface area contributed by atoms with Crippen molar-refractivity contribution in [3.8, 4) is 5.75 Å². The predicted octanol–water partition coefficient (Wildman–Crippen LogP) is 0.902. The number of nitrogens with one attached hydrogen (secondary N) is 2. The number of hydrogen-bond acceptors (Lipinski definition) is 6. The molecular formula is C27H37N5O5. The number of rotatable bonds is 15. The number of benzene rings is 2. The highest BCUT2D eigenvalue weighted by molar-refractivity contribution is 5.93. The van der Waals surface area contributed by atoms with Crippen molar-refractivity contribution in [1.82, 2.24) is 10.6 Å². The third-order valence-corrected chi connectivity index (χ3v) is 5.64. The topological polar surface area (TPSA) is 180 Å². The minimum absolute atomic E-state index is 0.0414. The highest BCUT2D eigenvalue weighted by Gasteiger charge is 2.28. The molecule has 10 nitrogen and oxygen atoms in total. The van der Waals surface area contributed by atoms with Crippen molar-refractivity contribution in [2.24, 2.45) is 23.1 Å². The van der Waals surface area contributed by atoms with Gasteiger partial charge in [0, 0.05) is 6.42 Å². The van der Waals surface area contributed by atoms with Crippen LogP contribution >= 0.6 is 0 Å². The van der Waals surface area contributed by atoms with Gasteiger partial charge in [-0.2, -0.15) is 0 Å². The van der Waals surface area contributed by atoms with Crippen LogP contribution in [0.5, 0.6) is 5.75 Å². The van der Waals surface area contributed by atoms with Crippen molar-refractivity contribution >= 4 is 23.6 Å². The molecule has 0 aliphatic heterocycles. The smallest absolute Gasteiger partial charge is 0.243 e. The van der Waals surface area contributed by atoms with E-state index in [1.54, 1.807) is 12.1 Å². The highest BCUT2D eigenvalue weighted by atomic mass is 16.5. The van der Waals surface area contributed by atoms with Crippen molar-refractivity contribution < 1.29 is 23.9 Å². The van der Waals surface area contributed by atoms with E-state index in [0.717, 1.165) is 11.1 Å². The second kappa shape index (κ2) is 14.6. The van der Waals surface area contributed by atoms with Crippen LogP contribution in [0.2, 0.25) is 0 Å². The van der Waals surface area contributed by atoms with Crippen LogP contribution < -0.4 is 32.6 Å². The normalized spacial score (nSPS) is 13.3. The lowest BCUT2D eigenvalue weighted by atomic mass is 10.0. The molecule has 0 fully saturated rings. The summed E-state index contributed by atoms with van der Waals surface area (Å²) >= 11 is 0. The molecule has 0 radical (unpaired) electrons. The second-order valence-electron chi connectivity index (χ2n) is 9.39. The van der Waals surface area contributed by atoms with Crippen LogP contribution in [0, 0.1) is 5.92 Å². The third kappa shape index (κ3) is 10.7. The fraction of sp³-hybridized carbons (Fsp3) is 0.407. The lowest BCUT2D eigenvalue weighted by molar-refractivity contribution is -0.132. The minimum Gasteiger partial charge on any atom is -0.489 e. The van der Waals surface area contributed by atoms with Gasteiger partial charge >= 0.3 is 0 Å². The van der Waals surface area contributed by atoms with E-state index in [2.05, 4.69) is 10.6 Å². The molecule has 4 amide bonds. The largest absolute Gasteiger partial charge is 0.489 e. The fourth-order valence-electron chi connectivity index (χ4n) is 3.63. The van der Waals surface area contributed by atoms with Crippen LogP contribution in [0.4, 0.5) is 0 Å². The standard InChI is InChI=1S/C27H37N5O5/c1-17(2)14-23(25(30)34)32-27(36)22(12-13-24(29)33)31-26(35)21(28)15-18-8-10-20(11-9-18)37-16-19-6-4-3-5-7-19/h3-11,17,21-23H,12-16,28H2,1-2H3,(H2,29,33)(H2,30,34)(H,31,35)(H,32,36). The van der Waals surface area contributed by atoms with Gasteiger partial charge in [0.05, 0.1) is 6.04 Å². The maximum Gasteiger partial charge on any atom is 0.243 e. The molecule has 8 N–H and O–H groups in total. The molecular weight excluding hydrogens is 474 g/mol. The fourth-order valence-corrected chi connectivity index (χ4v) is 3.63. The molecule has 0 aliphatic rings. The van der Waals surface area contributed by atoms with Crippen molar-refractivity contribution in [2.45, 2.75) is 64.3 Å². The Morgan fingerprint density at radius 3 is 2.03 bits per heavy atom. The molecule has 0 saturated heterocycles. The molecule has 2 aromatic rings. The van der Waals surface area contributed by atoms with Gasteiger partial charge in [0.1, 0.15) is 24.4 Å². The molecule has 3 atom stereocenters. The molecule has 10 heteroatoms. The molecule has 2 aromatic carbocycles. The molecule has 0 aliphatic carbocycles. The van der Waals surface area contributed by atoms with Crippen molar-refractivity contribution in [3.05, 3.63) is 65.7 Å². The summed E-state index contributed by atoms with van der Waals surface area (Å²) in [6.07, 6.45) is 0.373. The Morgan fingerprint density at radius 1 is 0.838 bits per heavy atom. The summed E-state index contributed by atoms with van der Waals surface area (Å²) in [7, 11) is 0. The van der Waals surface area contributed by atoms with Crippen molar-refractivity contribution in [3.63, 3.8) is 0 Å². The first-order valence-corrected chi connectivity index (χ1v) is 12.2. The first kappa shape index (κ1) is 29.3. The Balaban J connectivity index is 1.96. The van der Waals surface area contributed by atoms with Crippen molar-refractivity contribution in [1.29, 1.82) is 0 Å². The van der Waals surface area contributed by atoms with Gasteiger partial charge in [-0.3, -0.25) is 19.2 Å². The van der Waals surface area contributed by atoms with E-state index in [1.807, 2.05) is 56.3 Å². The van der Waals surface area contributed by atoms with Gasteiger partial charge in [-0.05, 0) is 48.4 Å². The second-order valence-corrected chi connectivity index (χ2v) is 9.39. The molecule has 37 heavy (non-hydrogen) atoms. The van der Waals surface area contributed by atoms with Crippen LogP contribution in [0.3, 0.4) is 0 Å². The number of primary amides is 2. The van der Waals surface area contributed by atoms with E-state index in [4.69, 9.17) is 21.9 Å². The van der Waals surface area contributed by atoms with Crippen LogP contribution in [0.15, 0.2) is 54.6 Å². The Morgan fingerprint density at radius 2 is 1.46 bits per heavy atom. The zero-order chi connectivity index (χ0) is 27.4. The first-order valence-electron chi connectivity index (χ1n) is 12.2. The lowest BCUT2D eigenvalue weighted by Gasteiger charge is -2.24. The molecule has 3 unspecified atom stereocenters. The van der Waals surface area contributed by atoms with Crippen LogP contribution in [-0.4, -0.2) is 41.8 Å². The van der Waals surface area contributed by atoms with Gasteiger partial charge in [0.25, 0.3) is 0 Å². The van der Waals surface area contributed by atoms with E-state index < -0.39 is 41.8 Å². The third-order valence-electron chi connectivity index (χ3n) is 5.64. The summed E-state index contributed by atoms with van der Waals surface area (Å²) in [6.45, 7) is 4.20. The summed E-state index contributed by atoms with van der Waals surface area (Å²) in [5, 5.41) is 5.14. The molecule has 0 heterocycles. The summed E-state index contributed by atoms with van der Waals surface area (Å²) in [6, 6.07) is 14.0. The lowest BCUT2D eigenvalue weighted by Crippen LogP contribution is -2.55. The average molecular weight is 512 g/mol. The van der Waals surface area contributed by atoms with Gasteiger partial charge in [0.15, 0.2) is 0 Å². The van der Waals surface area contributed by atoms with Gasteiger partial charge < -0.3 is 32.6 Å². The van der Waals surface area contributed by atoms with Crippen LogP contribution in [0.25, 0.3) is 0 Å². The van der Waals surface area contributed by atoms with Crippen molar-refractivity contribution in [2.75, 3.05) is 0 Å². The van der Waals surface area contributed by atoms with Gasteiger partial charge in [-0.25, -0.2) is 0 Å². The molecule has 0 bridgehead atoms. The Labute approximate surface area is 217 Å².